The monoisotopic (exact) mass is 332 g/mol. The molecule has 0 bridgehead atoms. The number of nitrogens with one attached hydrogen (secondary N) is 1. The molecule has 1 aromatic carbocycles. The predicted octanol–water partition coefficient (Wildman–Crippen LogP) is 1.97. The van der Waals surface area contributed by atoms with E-state index in [9.17, 15) is 14.7 Å². The van der Waals surface area contributed by atoms with Crippen molar-refractivity contribution in [1.29, 1.82) is 0 Å². The lowest BCUT2D eigenvalue weighted by Crippen LogP contribution is -2.34. The Hall–Kier alpha value is -2.83. The van der Waals surface area contributed by atoms with Crippen LogP contribution in [0.3, 0.4) is 0 Å². The number of para-hydroxylation sites is 1. The van der Waals surface area contributed by atoms with Gasteiger partial charge in [0.15, 0.2) is 5.89 Å². The molecule has 2 rings (SSSR count). The van der Waals surface area contributed by atoms with Gasteiger partial charge in [-0.1, -0.05) is 18.2 Å². The molecule has 0 saturated carbocycles. The highest BCUT2D eigenvalue weighted by Gasteiger charge is 2.23. The Kier molecular flexibility index (Phi) is 5.57. The predicted molar refractivity (Wildman–Crippen MR) is 86.1 cm³/mol. The summed E-state index contributed by atoms with van der Waals surface area (Å²) in [6, 6.07) is 7.21. The van der Waals surface area contributed by atoms with Crippen molar-refractivity contribution < 1.29 is 23.8 Å². The van der Waals surface area contributed by atoms with Crippen molar-refractivity contribution in [1.82, 2.24) is 10.3 Å². The standard InChI is InChI=1S/C17H20N2O5/c1-10-15(24-11(2)19-10)16(20)18-9-13(17(21)22)8-12-6-4-5-7-14(12)23-3/h4-7,13H,8-9H2,1-3H3,(H,18,20)(H,21,22). The molecule has 0 fully saturated rings. The zero-order valence-electron chi connectivity index (χ0n) is 13.8. The van der Waals surface area contributed by atoms with E-state index in [4.69, 9.17) is 9.15 Å². The molecule has 1 aromatic heterocycles. The minimum Gasteiger partial charge on any atom is -0.496 e. The van der Waals surface area contributed by atoms with Crippen LogP contribution in [0.25, 0.3) is 0 Å². The van der Waals surface area contributed by atoms with Crippen LogP contribution in [0.2, 0.25) is 0 Å². The van der Waals surface area contributed by atoms with Gasteiger partial charge in [-0.15, -0.1) is 0 Å². The zero-order valence-corrected chi connectivity index (χ0v) is 13.8. The maximum atomic E-state index is 12.1. The van der Waals surface area contributed by atoms with Crippen LogP contribution in [0.5, 0.6) is 5.75 Å². The van der Waals surface area contributed by atoms with Crippen molar-refractivity contribution in [3.05, 3.63) is 47.2 Å². The summed E-state index contributed by atoms with van der Waals surface area (Å²) >= 11 is 0. The van der Waals surface area contributed by atoms with Gasteiger partial charge in [0.25, 0.3) is 5.91 Å². The number of oxazole rings is 1. The van der Waals surface area contributed by atoms with Crippen LogP contribution in [0.4, 0.5) is 0 Å². The van der Waals surface area contributed by atoms with Crippen LogP contribution in [0.1, 0.15) is 27.7 Å². The first kappa shape index (κ1) is 17.5. The summed E-state index contributed by atoms with van der Waals surface area (Å²) in [5.41, 5.74) is 1.25. The molecular formula is C17H20N2O5. The minimum absolute atomic E-state index is 0.0224. The number of carbonyl (C=O) groups is 2. The fraction of sp³-hybridized carbons (Fsp3) is 0.353. The van der Waals surface area contributed by atoms with Crippen molar-refractivity contribution in [2.75, 3.05) is 13.7 Å². The number of hydrogen-bond acceptors (Lipinski definition) is 5. The SMILES string of the molecule is COc1ccccc1CC(CNC(=O)c1oc(C)nc1C)C(=O)O. The molecule has 7 heteroatoms. The highest BCUT2D eigenvalue weighted by Crippen LogP contribution is 2.21. The van der Waals surface area contributed by atoms with Gasteiger partial charge in [-0.05, 0) is 25.0 Å². The Bertz CT molecular complexity index is 738. The Morgan fingerprint density at radius 1 is 1.33 bits per heavy atom. The van der Waals surface area contributed by atoms with E-state index in [2.05, 4.69) is 10.3 Å². The zero-order chi connectivity index (χ0) is 17.7. The number of aliphatic carboxylic acids is 1. The highest BCUT2D eigenvalue weighted by molar-refractivity contribution is 5.92. The number of aromatic nitrogens is 1. The van der Waals surface area contributed by atoms with Crippen LogP contribution in [-0.4, -0.2) is 35.6 Å². The van der Waals surface area contributed by atoms with Crippen molar-refractivity contribution in [3.63, 3.8) is 0 Å². The molecule has 0 aliphatic carbocycles. The quantitative estimate of drug-likeness (QED) is 0.804. The molecule has 1 heterocycles. The maximum Gasteiger partial charge on any atom is 0.308 e. The van der Waals surface area contributed by atoms with Crippen molar-refractivity contribution in [2.45, 2.75) is 20.3 Å². The second-order valence-electron chi connectivity index (χ2n) is 5.41. The number of carbonyl (C=O) groups excluding carboxylic acids is 1. The van der Waals surface area contributed by atoms with Gasteiger partial charge in [-0.25, -0.2) is 4.98 Å². The molecule has 0 saturated heterocycles. The second kappa shape index (κ2) is 7.63. The first-order chi connectivity index (χ1) is 11.4. The summed E-state index contributed by atoms with van der Waals surface area (Å²) in [6.45, 7) is 3.28. The Labute approximate surface area is 139 Å². The van der Waals surface area contributed by atoms with Gasteiger partial charge in [0.05, 0.1) is 18.7 Å². The number of hydrogen-bond donors (Lipinski definition) is 2. The van der Waals surface area contributed by atoms with Gasteiger partial charge >= 0.3 is 5.97 Å². The number of benzene rings is 1. The lowest BCUT2D eigenvalue weighted by atomic mass is 9.98. The smallest absolute Gasteiger partial charge is 0.308 e. The molecule has 2 aromatic rings. The summed E-state index contributed by atoms with van der Waals surface area (Å²) < 4.78 is 10.5. The fourth-order valence-corrected chi connectivity index (χ4v) is 2.42. The van der Waals surface area contributed by atoms with Crippen LogP contribution in [-0.2, 0) is 11.2 Å². The highest BCUT2D eigenvalue weighted by atomic mass is 16.5. The fourth-order valence-electron chi connectivity index (χ4n) is 2.42. The van der Waals surface area contributed by atoms with E-state index in [1.54, 1.807) is 26.0 Å². The van der Waals surface area contributed by atoms with Crippen molar-refractivity contribution in [2.24, 2.45) is 5.92 Å². The summed E-state index contributed by atoms with van der Waals surface area (Å²) in [7, 11) is 1.53. The molecule has 0 aliphatic rings. The molecular weight excluding hydrogens is 312 g/mol. The van der Waals surface area contributed by atoms with Gasteiger partial charge in [0, 0.05) is 13.5 Å². The normalized spacial score (nSPS) is 11.8. The van der Waals surface area contributed by atoms with E-state index >= 15 is 0 Å². The molecule has 1 amide bonds. The number of carboxylic acids is 1. The molecule has 0 radical (unpaired) electrons. The number of nitrogens with zero attached hydrogens (tertiary/aromatic N) is 1. The largest absolute Gasteiger partial charge is 0.496 e. The third-order valence-corrected chi connectivity index (χ3v) is 3.63. The Balaban J connectivity index is 2.05. The Morgan fingerprint density at radius 3 is 2.62 bits per heavy atom. The van der Waals surface area contributed by atoms with E-state index in [0.717, 1.165) is 5.56 Å². The number of methoxy groups -OCH3 is 1. The summed E-state index contributed by atoms with van der Waals surface area (Å²) in [5, 5.41) is 12.0. The van der Waals surface area contributed by atoms with E-state index in [1.807, 2.05) is 12.1 Å². The number of carboxylic acid groups (broad SMARTS) is 1. The molecule has 1 atom stereocenters. The first-order valence-electron chi connectivity index (χ1n) is 7.49. The second-order valence-corrected chi connectivity index (χ2v) is 5.41. The molecule has 2 N–H and O–H groups in total. The number of ether oxygens (including phenoxy) is 1. The Morgan fingerprint density at radius 2 is 2.04 bits per heavy atom. The lowest BCUT2D eigenvalue weighted by molar-refractivity contribution is -0.141. The van der Waals surface area contributed by atoms with Gasteiger partial charge in [-0.3, -0.25) is 9.59 Å². The third-order valence-electron chi connectivity index (χ3n) is 3.63. The van der Waals surface area contributed by atoms with Gasteiger partial charge in [-0.2, -0.15) is 0 Å². The average molecular weight is 332 g/mol. The maximum absolute atomic E-state index is 12.1. The van der Waals surface area contributed by atoms with E-state index in [1.165, 1.54) is 7.11 Å². The average Bonchev–Trinajstić information content (AvgIpc) is 2.89. The van der Waals surface area contributed by atoms with E-state index in [-0.39, 0.29) is 18.7 Å². The number of rotatable bonds is 7. The van der Waals surface area contributed by atoms with Crippen molar-refractivity contribution >= 4 is 11.9 Å². The van der Waals surface area contributed by atoms with Crippen LogP contribution in [0.15, 0.2) is 28.7 Å². The first-order valence-corrected chi connectivity index (χ1v) is 7.49. The summed E-state index contributed by atoms with van der Waals surface area (Å²) in [6.07, 6.45) is 0.244. The summed E-state index contributed by atoms with van der Waals surface area (Å²) in [4.78, 5) is 27.6. The number of amides is 1. The molecule has 0 aliphatic heterocycles. The van der Waals surface area contributed by atoms with Crippen molar-refractivity contribution in [3.8, 4) is 5.75 Å². The molecule has 0 spiro atoms. The minimum atomic E-state index is -0.994. The van der Waals surface area contributed by atoms with Crippen LogP contribution < -0.4 is 10.1 Å². The molecule has 7 nitrogen and oxygen atoms in total. The van der Waals surface area contributed by atoms with Gasteiger partial charge in [0.1, 0.15) is 5.75 Å². The topological polar surface area (TPSA) is 102 Å². The molecule has 1 unspecified atom stereocenters. The number of aryl methyl sites for hydroxylation is 2. The van der Waals surface area contributed by atoms with Gasteiger partial charge < -0.3 is 19.6 Å². The lowest BCUT2D eigenvalue weighted by Gasteiger charge is -2.15. The third kappa shape index (κ3) is 4.13. The summed E-state index contributed by atoms with van der Waals surface area (Å²) in [5.74, 6) is -1.13. The van der Waals surface area contributed by atoms with E-state index in [0.29, 0.717) is 17.3 Å². The van der Waals surface area contributed by atoms with E-state index < -0.39 is 17.8 Å². The molecule has 128 valence electrons. The van der Waals surface area contributed by atoms with Crippen LogP contribution >= 0.6 is 0 Å². The van der Waals surface area contributed by atoms with Gasteiger partial charge in [0.2, 0.25) is 5.76 Å². The molecule has 24 heavy (non-hydrogen) atoms. The van der Waals surface area contributed by atoms with Crippen LogP contribution in [0, 0.1) is 19.8 Å².